The van der Waals surface area contributed by atoms with Crippen molar-refractivity contribution in [1.29, 1.82) is 0 Å². The summed E-state index contributed by atoms with van der Waals surface area (Å²) in [4.78, 5) is 0. The molecular formula is C9H9NS2. The van der Waals surface area contributed by atoms with Gasteiger partial charge in [0.25, 0.3) is 0 Å². The van der Waals surface area contributed by atoms with E-state index in [9.17, 15) is 0 Å². The molecule has 0 saturated carbocycles. The largest absolute Gasteiger partial charge is 0.397 e. The van der Waals surface area contributed by atoms with Crippen molar-refractivity contribution in [1.82, 2.24) is 0 Å². The van der Waals surface area contributed by atoms with Crippen LogP contribution in [0.2, 0.25) is 0 Å². The molecule has 0 unspecified atom stereocenters. The molecule has 0 spiro atoms. The number of nitrogens with two attached hydrogens (primary N) is 1. The zero-order valence-electron chi connectivity index (χ0n) is 6.66. The first kappa shape index (κ1) is 7.95. The predicted molar refractivity (Wildman–Crippen MR) is 58.2 cm³/mol. The van der Waals surface area contributed by atoms with Gasteiger partial charge in [-0.1, -0.05) is 12.1 Å². The van der Waals surface area contributed by atoms with E-state index in [-0.39, 0.29) is 0 Å². The summed E-state index contributed by atoms with van der Waals surface area (Å²) in [6, 6.07) is 6.16. The number of hydrogen-bond acceptors (Lipinski definition) is 3. The van der Waals surface area contributed by atoms with Crippen LogP contribution in [0.5, 0.6) is 0 Å². The standard InChI is InChI=1S/C9H9NS2/c1-5-2-3-6-4-7(11)12-9(6)8(5)10/h2-4,11H,10H2,1H3. The number of aryl methyl sites for hydroxylation is 1. The van der Waals surface area contributed by atoms with E-state index in [4.69, 9.17) is 5.73 Å². The van der Waals surface area contributed by atoms with Gasteiger partial charge in [-0.05, 0) is 23.9 Å². The molecule has 1 aromatic carbocycles. The highest BCUT2D eigenvalue weighted by Gasteiger charge is 2.03. The van der Waals surface area contributed by atoms with E-state index in [0.717, 1.165) is 20.2 Å². The average Bonchev–Trinajstić information content (AvgIpc) is 2.39. The summed E-state index contributed by atoms with van der Waals surface area (Å²) in [5.41, 5.74) is 7.93. The number of thiol groups is 1. The molecule has 0 amide bonds. The molecule has 0 aliphatic heterocycles. The van der Waals surface area contributed by atoms with Gasteiger partial charge >= 0.3 is 0 Å². The number of nitrogen functional groups attached to an aromatic ring is 1. The summed E-state index contributed by atoms with van der Waals surface area (Å²) < 4.78 is 2.17. The molecule has 0 atom stereocenters. The number of fused-ring (bicyclic) bond motifs is 1. The maximum Gasteiger partial charge on any atom is 0.0586 e. The van der Waals surface area contributed by atoms with Crippen molar-refractivity contribution in [3.63, 3.8) is 0 Å². The first-order chi connectivity index (χ1) is 5.68. The smallest absolute Gasteiger partial charge is 0.0586 e. The van der Waals surface area contributed by atoms with Crippen molar-refractivity contribution in [3.8, 4) is 0 Å². The molecule has 0 aliphatic carbocycles. The lowest BCUT2D eigenvalue weighted by Gasteiger charge is -1.99. The maximum absolute atomic E-state index is 5.91. The summed E-state index contributed by atoms with van der Waals surface area (Å²) in [5, 5.41) is 1.19. The highest BCUT2D eigenvalue weighted by Crippen LogP contribution is 2.33. The Balaban J connectivity index is 2.89. The van der Waals surface area contributed by atoms with Gasteiger partial charge in [0.05, 0.1) is 14.6 Å². The van der Waals surface area contributed by atoms with Gasteiger partial charge in [-0.3, -0.25) is 0 Å². The lowest BCUT2D eigenvalue weighted by molar-refractivity contribution is 1.51. The van der Waals surface area contributed by atoms with Gasteiger partial charge in [0.15, 0.2) is 0 Å². The normalized spacial score (nSPS) is 10.8. The molecule has 1 nitrogen and oxygen atoms in total. The van der Waals surface area contributed by atoms with Crippen LogP contribution in [0.1, 0.15) is 5.56 Å². The molecular weight excluding hydrogens is 186 g/mol. The van der Waals surface area contributed by atoms with Crippen molar-refractivity contribution in [3.05, 3.63) is 23.8 Å². The topological polar surface area (TPSA) is 26.0 Å². The summed E-state index contributed by atoms with van der Waals surface area (Å²) >= 11 is 5.92. The van der Waals surface area contributed by atoms with Gasteiger partial charge in [-0.25, -0.2) is 0 Å². The van der Waals surface area contributed by atoms with E-state index in [1.165, 1.54) is 5.39 Å². The first-order valence-corrected chi connectivity index (χ1v) is 4.92. The quantitative estimate of drug-likeness (QED) is 0.490. The summed E-state index contributed by atoms with van der Waals surface area (Å²) in [5.74, 6) is 0. The fraction of sp³-hybridized carbons (Fsp3) is 0.111. The van der Waals surface area contributed by atoms with E-state index in [2.05, 4.69) is 18.7 Å². The monoisotopic (exact) mass is 195 g/mol. The third-order valence-corrected chi connectivity index (χ3v) is 3.32. The zero-order valence-corrected chi connectivity index (χ0v) is 8.38. The number of rotatable bonds is 0. The Morgan fingerprint density at radius 2 is 2.17 bits per heavy atom. The minimum atomic E-state index is 0.887. The van der Waals surface area contributed by atoms with Crippen LogP contribution < -0.4 is 5.73 Å². The van der Waals surface area contributed by atoms with E-state index >= 15 is 0 Å². The van der Waals surface area contributed by atoms with E-state index in [0.29, 0.717) is 0 Å². The van der Waals surface area contributed by atoms with E-state index < -0.39 is 0 Å². The second-order valence-electron chi connectivity index (χ2n) is 2.80. The Labute approximate surface area is 80.6 Å². The maximum atomic E-state index is 5.91. The molecule has 0 saturated heterocycles. The molecule has 62 valence electrons. The van der Waals surface area contributed by atoms with Crippen molar-refractivity contribution >= 4 is 39.7 Å². The molecule has 1 aromatic heterocycles. The number of thiophene rings is 1. The molecule has 0 aliphatic rings. The predicted octanol–water partition coefficient (Wildman–Crippen LogP) is 3.08. The van der Waals surface area contributed by atoms with Gasteiger partial charge in [0.2, 0.25) is 0 Å². The lowest BCUT2D eigenvalue weighted by atomic mass is 10.1. The van der Waals surface area contributed by atoms with Crippen LogP contribution in [0.4, 0.5) is 5.69 Å². The third kappa shape index (κ3) is 1.09. The summed E-state index contributed by atoms with van der Waals surface area (Å²) in [7, 11) is 0. The van der Waals surface area contributed by atoms with Gasteiger partial charge in [-0.2, -0.15) is 0 Å². The van der Waals surface area contributed by atoms with Crippen LogP contribution in [-0.2, 0) is 0 Å². The molecule has 2 aromatic rings. The van der Waals surface area contributed by atoms with Crippen LogP contribution in [0.3, 0.4) is 0 Å². The fourth-order valence-corrected chi connectivity index (χ4v) is 2.53. The Kier molecular flexibility index (Phi) is 1.77. The average molecular weight is 195 g/mol. The highest BCUT2D eigenvalue weighted by atomic mass is 32.2. The van der Waals surface area contributed by atoms with Crippen LogP contribution in [-0.4, -0.2) is 0 Å². The second-order valence-corrected chi connectivity index (χ2v) is 4.64. The summed E-state index contributed by atoms with van der Waals surface area (Å²) in [6.07, 6.45) is 0. The van der Waals surface area contributed by atoms with Crippen molar-refractivity contribution < 1.29 is 0 Å². The number of anilines is 1. The molecule has 0 fully saturated rings. The molecule has 12 heavy (non-hydrogen) atoms. The van der Waals surface area contributed by atoms with Crippen molar-refractivity contribution in [2.75, 3.05) is 5.73 Å². The van der Waals surface area contributed by atoms with Crippen LogP contribution in [0.15, 0.2) is 22.4 Å². The molecule has 0 radical (unpaired) electrons. The van der Waals surface area contributed by atoms with Crippen LogP contribution >= 0.6 is 24.0 Å². The summed E-state index contributed by atoms with van der Waals surface area (Å²) in [6.45, 7) is 2.02. The third-order valence-electron chi connectivity index (χ3n) is 1.93. The molecule has 2 N–H and O–H groups in total. The van der Waals surface area contributed by atoms with Gasteiger partial charge < -0.3 is 5.73 Å². The minimum Gasteiger partial charge on any atom is -0.397 e. The van der Waals surface area contributed by atoms with Crippen LogP contribution in [0, 0.1) is 6.92 Å². The number of hydrogen-bond donors (Lipinski definition) is 2. The van der Waals surface area contributed by atoms with E-state index in [1.807, 2.05) is 19.1 Å². The van der Waals surface area contributed by atoms with Gasteiger partial charge in [0, 0.05) is 0 Å². The Morgan fingerprint density at radius 3 is 2.92 bits per heavy atom. The van der Waals surface area contributed by atoms with Crippen LogP contribution in [0.25, 0.3) is 10.1 Å². The van der Waals surface area contributed by atoms with Gasteiger partial charge in [0.1, 0.15) is 0 Å². The minimum absolute atomic E-state index is 0.887. The molecule has 2 rings (SSSR count). The second kappa shape index (κ2) is 2.68. The molecule has 0 bridgehead atoms. The fourth-order valence-electron chi connectivity index (χ4n) is 1.21. The Hall–Kier alpha value is -0.670. The SMILES string of the molecule is Cc1ccc2cc(S)sc2c1N. The van der Waals surface area contributed by atoms with E-state index in [1.54, 1.807) is 11.3 Å². The first-order valence-electron chi connectivity index (χ1n) is 3.66. The number of benzene rings is 1. The van der Waals surface area contributed by atoms with Crippen molar-refractivity contribution in [2.24, 2.45) is 0 Å². The Bertz CT molecular complexity index is 431. The van der Waals surface area contributed by atoms with Crippen molar-refractivity contribution in [2.45, 2.75) is 11.1 Å². The molecule has 1 heterocycles. The molecule has 3 heteroatoms. The highest BCUT2D eigenvalue weighted by molar-refractivity contribution is 7.83. The Morgan fingerprint density at radius 1 is 1.42 bits per heavy atom. The van der Waals surface area contributed by atoms with Gasteiger partial charge in [-0.15, -0.1) is 24.0 Å². The lowest BCUT2D eigenvalue weighted by Crippen LogP contribution is -1.87. The zero-order chi connectivity index (χ0) is 8.72.